The lowest BCUT2D eigenvalue weighted by Gasteiger charge is -2.16. The zero-order chi connectivity index (χ0) is 13.5. The van der Waals surface area contributed by atoms with Crippen molar-refractivity contribution in [1.29, 1.82) is 0 Å². The molecule has 0 aliphatic rings. The number of aryl methyl sites for hydroxylation is 1. The highest BCUT2D eigenvalue weighted by Gasteiger charge is 2.11. The average Bonchev–Trinajstić information content (AvgIpc) is 2.75. The van der Waals surface area contributed by atoms with Crippen LogP contribution in [0.1, 0.15) is 30.6 Å². The van der Waals surface area contributed by atoms with E-state index in [9.17, 15) is 4.79 Å². The van der Waals surface area contributed by atoms with E-state index in [1.54, 1.807) is 11.3 Å². The van der Waals surface area contributed by atoms with Gasteiger partial charge in [-0.3, -0.25) is 0 Å². The zero-order valence-electron chi connectivity index (χ0n) is 11.5. The maximum Gasteiger partial charge on any atom is 0.315 e. The quantitative estimate of drug-likeness (QED) is 0.828. The molecule has 0 saturated heterocycles. The molecule has 1 aromatic heterocycles. The van der Waals surface area contributed by atoms with Gasteiger partial charge in [0.25, 0.3) is 0 Å². The Morgan fingerprint density at radius 2 is 2.33 bits per heavy atom. The molecule has 2 N–H and O–H groups in total. The summed E-state index contributed by atoms with van der Waals surface area (Å²) in [6, 6.07) is -0.198. The highest BCUT2D eigenvalue weighted by atomic mass is 32.1. The summed E-state index contributed by atoms with van der Waals surface area (Å²) in [6.45, 7) is 8.48. The standard InChI is InChI=1S/C12H22N4OS/c1-5-16(4)7-6-13-12(17)14-9(2)11-8-18-10(3)15-11/h8-9H,5-7H2,1-4H3,(H2,13,14,17). The number of nitrogens with zero attached hydrogens (tertiary/aromatic N) is 2. The van der Waals surface area contributed by atoms with Crippen LogP contribution >= 0.6 is 11.3 Å². The summed E-state index contributed by atoms with van der Waals surface area (Å²) >= 11 is 1.60. The minimum Gasteiger partial charge on any atom is -0.337 e. The fraction of sp³-hybridized carbons (Fsp3) is 0.667. The first-order valence-corrected chi connectivity index (χ1v) is 7.05. The van der Waals surface area contributed by atoms with Crippen LogP contribution < -0.4 is 10.6 Å². The molecule has 6 heteroatoms. The second-order valence-corrected chi connectivity index (χ2v) is 5.37. The fourth-order valence-corrected chi connectivity index (χ4v) is 2.13. The molecule has 5 nitrogen and oxygen atoms in total. The molecule has 0 fully saturated rings. The van der Waals surface area contributed by atoms with Gasteiger partial charge in [0.2, 0.25) is 0 Å². The highest BCUT2D eigenvalue weighted by molar-refractivity contribution is 7.09. The van der Waals surface area contributed by atoms with E-state index in [-0.39, 0.29) is 12.1 Å². The van der Waals surface area contributed by atoms with E-state index in [4.69, 9.17) is 0 Å². The molecule has 0 saturated carbocycles. The number of aromatic nitrogens is 1. The van der Waals surface area contributed by atoms with Gasteiger partial charge in [-0.25, -0.2) is 9.78 Å². The monoisotopic (exact) mass is 270 g/mol. The third kappa shape index (κ3) is 5.01. The van der Waals surface area contributed by atoms with Crippen molar-refractivity contribution in [3.63, 3.8) is 0 Å². The van der Waals surface area contributed by atoms with Crippen molar-refractivity contribution in [3.8, 4) is 0 Å². The van der Waals surface area contributed by atoms with E-state index in [0.717, 1.165) is 23.8 Å². The van der Waals surface area contributed by atoms with Crippen molar-refractivity contribution in [3.05, 3.63) is 16.1 Å². The summed E-state index contributed by atoms with van der Waals surface area (Å²) in [5.41, 5.74) is 0.915. The zero-order valence-corrected chi connectivity index (χ0v) is 12.3. The van der Waals surface area contributed by atoms with Crippen LogP contribution in [0.4, 0.5) is 4.79 Å². The van der Waals surface area contributed by atoms with Gasteiger partial charge in [0.05, 0.1) is 16.7 Å². The van der Waals surface area contributed by atoms with Gasteiger partial charge in [0.1, 0.15) is 0 Å². The molecule has 0 bridgehead atoms. The molecule has 1 aromatic rings. The third-order valence-electron chi connectivity index (χ3n) is 2.75. The second-order valence-electron chi connectivity index (χ2n) is 4.31. The molecule has 0 radical (unpaired) electrons. The van der Waals surface area contributed by atoms with Crippen LogP contribution in [-0.2, 0) is 0 Å². The Hall–Kier alpha value is -1.14. The van der Waals surface area contributed by atoms with Gasteiger partial charge in [-0.2, -0.15) is 0 Å². The predicted molar refractivity (Wildman–Crippen MR) is 75.0 cm³/mol. The maximum atomic E-state index is 11.6. The van der Waals surface area contributed by atoms with Crippen LogP contribution in [0.3, 0.4) is 0 Å². The van der Waals surface area contributed by atoms with E-state index in [2.05, 4.69) is 27.4 Å². The molecule has 18 heavy (non-hydrogen) atoms. The van der Waals surface area contributed by atoms with Gasteiger partial charge < -0.3 is 15.5 Å². The number of amides is 2. The Morgan fingerprint density at radius 1 is 1.61 bits per heavy atom. The lowest BCUT2D eigenvalue weighted by atomic mass is 10.3. The Kier molecular flexibility index (Phi) is 6.07. The second kappa shape index (κ2) is 7.33. The number of urea groups is 1. The summed E-state index contributed by atoms with van der Waals surface area (Å²) in [6.07, 6.45) is 0. The normalized spacial score (nSPS) is 12.5. The number of rotatable bonds is 6. The van der Waals surface area contributed by atoms with Gasteiger partial charge in [0.15, 0.2) is 0 Å². The Bertz CT molecular complexity index is 380. The number of likely N-dealkylation sites (N-methyl/N-ethyl adjacent to an activating group) is 1. The number of carbonyl (C=O) groups excluding carboxylic acids is 1. The van der Waals surface area contributed by atoms with E-state index in [1.165, 1.54) is 0 Å². The molecule has 102 valence electrons. The van der Waals surface area contributed by atoms with E-state index in [1.807, 2.05) is 26.3 Å². The fourth-order valence-electron chi connectivity index (χ4n) is 1.42. The van der Waals surface area contributed by atoms with Crippen molar-refractivity contribution >= 4 is 17.4 Å². The van der Waals surface area contributed by atoms with Crippen molar-refractivity contribution in [1.82, 2.24) is 20.5 Å². The molecule has 1 rings (SSSR count). The minimum absolute atomic E-state index is 0.0566. The van der Waals surface area contributed by atoms with Gasteiger partial charge in [-0.1, -0.05) is 6.92 Å². The van der Waals surface area contributed by atoms with Gasteiger partial charge >= 0.3 is 6.03 Å². The molecule has 1 unspecified atom stereocenters. The molecule has 0 aliphatic carbocycles. The molecule has 0 aromatic carbocycles. The Balaban J connectivity index is 2.27. The minimum atomic E-state index is -0.141. The Labute approximate surface area is 113 Å². The maximum absolute atomic E-state index is 11.6. The number of nitrogens with one attached hydrogen (secondary N) is 2. The van der Waals surface area contributed by atoms with Crippen molar-refractivity contribution in [2.45, 2.75) is 26.8 Å². The molecule has 0 spiro atoms. The van der Waals surface area contributed by atoms with Crippen LogP contribution in [0, 0.1) is 6.92 Å². The van der Waals surface area contributed by atoms with Crippen LogP contribution in [0.2, 0.25) is 0 Å². The highest BCUT2D eigenvalue weighted by Crippen LogP contribution is 2.15. The number of hydrogen-bond acceptors (Lipinski definition) is 4. The SMILES string of the molecule is CCN(C)CCNC(=O)NC(C)c1csc(C)n1. The van der Waals surface area contributed by atoms with Gasteiger partial charge in [-0.15, -0.1) is 11.3 Å². The largest absolute Gasteiger partial charge is 0.337 e. The van der Waals surface area contributed by atoms with Crippen molar-refractivity contribution in [2.75, 3.05) is 26.7 Å². The lowest BCUT2D eigenvalue weighted by Crippen LogP contribution is -2.40. The molecule has 1 heterocycles. The topological polar surface area (TPSA) is 57.3 Å². The first-order valence-electron chi connectivity index (χ1n) is 6.17. The molecule has 1 atom stereocenters. The number of hydrogen-bond donors (Lipinski definition) is 2. The molecular weight excluding hydrogens is 248 g/mol. The predicted octanol–water partition coefficient (Wildman–Crippen LogP) is 1.76. The Morgan fingerprint density at radius 3 is 2.89 bits per heavy atom. The first kappa shape index (κ1) is 14.9. The molecular formula is C12H22N4OS. The van der Waals surface area contributed by atoms with Crippen LogP contribution in [-0.4, -0.2) is 42.6 Å². The smallest absolute Gasteiger partial charge is 0.315 e. The van der Waals surface area contributed by atoms with E-state index in [0.29, 0.717) is 6.54 Å². The van der Waals surface area contributed by atoms with Crippen molar-refractivity contribution in [2.24, 2.45) is 0 Å². The van der Waals surface area contributed by atoms with E-state index < -0.39 is 0 Å². The number of thiazole rings is 1. The van der Waals surface area contributed by atoms with Gasteiger partial charge in [0, 0.05) is 18.5 Å². The summed E-state index contributed by atoms with van der Waals surface area (Å²) < 4.78 is 0. The summed E-state index contributed by atoms with van der Waals surface area (Å²) in [7, 11) is 2.03. The van der Waals surface area contributed by atoms with Crippen molar-refractivity contribution < 1.29 is 4.79 Å². The van der Waals surface area contributed by atoms with Crippen LogP contribution in [0.15, 0.2) is 5.38 Å². The lowest BCUT2D eigenvalue weighted by molar-refractivity contribution is 0.235. The molecule has 2 amide bonds. The average molecular weight is 270 g/mol. The van der Waals surface area contributed by atoms with Crippen LogP contribution in [0.5, 0.6) is 0 Å². The summed E-state index contributed by atoms with van der Waals surface area (Å²) in [4.78, 5) is 18.1. The van der Waals surface area contributed by atoms with Gasteiger partial charge in [-0.05, 0) is 27.4 Å². The van der Waals surface area contributed by atoms with E-state index >= 15 is 0 Å². The number of carbonyl (C=O) groups is 1. The third-order valence-corrected chi connectivity index (χ3v) is 3.54. The van der Waals surface area contributed by atoms with Crippen LogP contribution in [0.25, 0.3) is 0 Å². The summed E-state index contributed by atoms with van der Waals surface area (Å²) in [5.74, 6) is 0. The first-order chi connectivity index (χ1) is 8.52. The molecule has 0 aliphatic heterocycles. The summed E-state index contributed by atoms with van der Waals surface area (Å²) in [5, 5.41) is 8.71.